The van der Waals surface area contributed by atoms with E-state index < -0.39 is 0 Å². The second-order valence-electron chi connectivity index (χ2n) is 5.79. The Morgan fingerprint density at radius 1 is 1.25 bits per heavy atom. The maximum atomic E-state index is 5.38. The van der Waals surface area contributed by atoms with Gasteiger partial charge in [0.15, 0.2) is 0 Å². The van der Waals surface area contributed by atoms with Crippen LogP contribution in [0, 0.1) is 0 Å². The Balaban J connectivity index is 1.50. The predicted molar refractivity (Wildman–Crippen MR) is 82.8 cm³/mol. The van der Waals surface area contributed by atoms with Gasteiger partial charge in [-0.1, -0.05) is 13.0 Å². The normalized spacial score (nSPS) is 17.9. The molecule has 108 valence electrons. The van der Waals surface area contributed by atoms with Crippen molar-refractivity contribution in [1.29, 1.82) is 0 Å². The van der Waals surface area contributed by atoms with Crippen LogP contribution in [-0.4, -0.2) is 30.6 Å². The van der Waals surface area contributed by atoms with Gasteiger partial charge in [0.1, 0.15) is 5.58 Å². The number of hydrogen-bond acceptors (Lipinski definition) is 3. The van der Waals surface area contributed by atoms with Crippen molar-refractivity contribution in [2.75, 3.05) is 19.6 Å². The Hall–Kier alpha value is -1.32. The van der Waals surface area contributed by atoms with E-state index in [-0.39, 0.29) is 0 Å². The molecule has 1 aromatic carbocycles. The van der Waals surface area contributed by atoms with E-state index in [1.54, 1.807) is 6.26 Å². The van der Waals surface area contributed by atoms with E-state index in [1.807, 2.05) is 6.07 Å². The molecule has 3 nitrogen and oxygen atoms in total. The van der Waals surface area contributed by atoms with Crippen molar-refractivity contribution in [1.82, 2.24) is 10.2 Å². The Bertz CT molecular complexity index is 541. The molecule has 1 aliphatic heterocycles. The first-order valence-electron chi connectivity index (χ1n) is 7.77. The molecule has 1 saturated heterocycles. The molecule has 0 spiro atoms. The van der Waals surface area contributed by atoms with Crippen molar-refractivity contribution >= 4 is 11.0 Å². The Kier molecular flexibility index (Phi) is 4.38. The van der Waals surface area contributed by atoms with Crippen molar-refractivity contribution in [2.45, 2.75) is 38.8 Å². The number of furan rings is 1. The van der Waals surface area contributed by atoms with Gasteiger partial charge in [0.25, 0.3) is 0 Å². The third kappa shape index (κ3) is 3.22. The quantitative estimate of drug-likeness (QED) is 0.904. The summed E-state index contributed by atoms with van der Waals surface area (Å²) in [5.41, 5.74) is 2.32. The molecule has 0 atom stereocenters. The molecule has 20 heavy (non-hydrogen) atoms. The zero-order valence-electron chi connectivity index (χ0n) is 12.3. The van der Waals surface area contributed by atoms with Crippen molar-refractivity contribution in [3.05, 3.63) is 36.1 Å². The first-order chi connectivity index (χ1) is 9.85. The molecule has 1 fully saturated rings. The van der Waals surface area contributed by atoms with Crippen molar-refractivity contribution in [3.8, 4) is 0 Å². The monoisotopic (exact) mass is 272 g/mol. The fourth-order valence-corrected chi connectivity index (χ4v) is 3.07. The van der Waals surface area contributed by atoms with Crippen molar-refractivity contribution in [2.24, 2.45) is 0 Å². The lowest BCUT2D eigenvalue weighted by Gasteiger charge is -2.32. The maximum absolute atomic E-state index is 5.38. The van der Waals surface area contributed by atoms with E-state index in [2.05, 4.69) is 35.3 Å². The van der Waals surface area contributed by atoms with Crippen molar-refractivity contribution < 1.29 is 4.42 Å². The lowest BCUT2D eigenvalue weighted by molar-refractivity contribution is 0.197. The maximum Gasteiger partial charge on any atom is 0.133 e. The van der Waals surface area contributed by atoms with Crippen LogP contribution in [0.1, 0.15) is 31.7 Å². The molecule has 0 bridgehead atoms. The molecule has 0 unspecified atom stereocenters. The first-order valence-corrected chi connectivity index (χ1v) is 7.77. The largest absolute Gasteiger partial charge is 0.464 e. The van der Waals surface area contributed by atoms with Crippen LogP contribution in [0.3, 0.4) is 0 Å². The van der Waals surface area contributed by atoms with E-state index in [1.165, 1.54) is 49.8 Å². The van der Waals surface area contributed by atoms with Gasteiger partial charge in [-0.05, 0) is 62.7 Å². The number of nitrogens with one attached hydrogen (secondary N) is 1. The molecule has 1 aliphatic rings. The molecule has 1 aromatic heterocycles. The summed E-state index contributed by atoms with van der Waals surface area (Å²) in [6, 6.07) is 9.14. The van der Waals surface area contributed by atoms with Crippen molar-refractivity contribution in [3.63, 3.8) is 0 Å². The molecule has 3 heteroatoms. The van der Waals surface area contributed by atoms with Crippen LogP contribution in [0.5, 0.6) is 0 Å². The molecular formula is C17H24N2O. The molecule has 0 aliphatic carbocycles. The number of piperidine rings is 1. The minimum atomic E-state index is 0.670. The van der Waals surface area contributed by atoms with E-state index in [4.69, 9.17) is 4.42 Å². The summed E-state index contributed by atoms with van der Waals surface area (Å²) in [5.74, 6) is 0. The highest BCUT2D eigenvalue weighted by Gasteiger charge is 2.17. The van der Waals surface area contributed by atoms with Gasteiger partial charge in [-0.15, -0.1) is 0 Å². The summed E-state index contributed by atoms with van der Waals surface area (Å²) < 4.78 is 5.38. The van der Waals surface area contributed by atoms with Crippen LogP contribution in [0.15, 0.2) is 34.9 Å². The minimum absolute atomic E-state index is 0.670. The van der Waals surface area contributed by atoms with E-state index in [9.17, 15) is 0 Å². The fourth-order valence-electron chi connectivity index (χ4n) is 3.07. The highest BCUT2D eigenvalue weighted by atomic mass is 16.3. The zero-order chi connectivity index (χ0) is 13.8. The van der Waals surface area contributed by atoms with Crippen LogP contribution in [0.25, 0.3) is 11.0 Å². The molecule has 0 amide bonds. The minimum Gasteiger partial charge on any atom is -0.464 e. The average molecular weight is 272 g/mol. The molecule has 0 saturated carbocycles. The molecule has 1 N–H and O–H groups in total. The van der Waals surface area contributed by atoms with Gasteiger partial charge in [-0.2, -0.15) is 0 Å². The average Bonchev–Trinajstić information content (AvgIpc) is 2.94. The fraction of sp³-hybridized carbons (Fsp3) is 0.529. The summed E-state index contributed by atoms with van der Waals surface area (Å²) in [6.45, 7) is 6.96. The number of rotatable bonds is 5. The second-order valence-corrected chi connectivity index (χ2v) is 5.79. The Morgan fingerprint density at radius 2 is 2.10 bits per heavy atom. The van der Waals surface area contributed by atoms with Gasteiger partial charge in [0.05, 0.1) is 6.26 Å². The lowest BCUT2D eigenvalue weighted by atomic mass is 10.0. The predicted octanol–water partition coefficient (Wildman–Crippen LogP) is 3.40. The standard InChI is InChI=1S/C17H24N2O/c1-2-8-19-9-5-16(6-10-19)18-13-14-3-4-17-15(12-14)7-11-20-17/h3-4,7,11-12,16,18H,2,5-6,8-10,13H2,1H3. The summed E-state index contributed by atoms with van der Waals surface area (Å²) in [5, 5.41) is 4.90. The van der Waals surface area contributed by atoms with Gasteiger partial charge in [0.2, 0.25) is 0 Å². The summed E-state index contributed by atoms with van der Waals surface area (Å²) in [7, 11) is 0. The van der Waals surface area contributed by atoms with Gasteiger partial charge < -0.3 is 14.6 Å². The zero-order valence-corrected chi connectivity index (χ0v) is 12.3. The van der Waals surface area contributed by atoms with E-state index in [0.717, 1.165) is 12.1 Å². The molecular weight excluding hydrogens is 248 g/mol. The van der Waals surface area contributed by atoms with Crippen LogP contribution in [0.2, 0.25) is 0 Å². The summed E-state index contributed by atoms with van der Waals surface area (Å²) >= 11 is 0. The van der Waals surface area contributed by atoms with Crippen LogP contribution in [-0.2, 0) is 6.54 Å². The third-order valence-electron chi connectivity index (χ3n) is 4.24. The summed E-state index contributed by atoms with van der Waals surface area (Å²) in [4.78, 5) is 2.58. The molecule has 3 rings (SSSR count). The smallest absolute Gasteiger partial charge is 0.133 e. The van der Waals surface area contributed by atoms with Gasteiger partial charge in [0, 0.05) is 18.0 Å². The second kappa shape index (κ2) is 6.42. The van der Waals surface area contributed by atoms with Crippen LogP contribution >= 0.6 is 0 Å². The number of fused-ring (bicyclic) bond motifs is 1. The van der Waals surface area contributed by atoms with Crippen LogP contribution < -0.4 is 5.32 Å². The van der Waals surface area contributed by atoms with Gasteiger partial charge in [-0.25, -0.2) is 0 Å². The first kappa shape index (κ1) is 13.7. The van der Waals surface area contributed by atoms with E-state index >= 15 is 0 Å². The van der Waals surface area contributed by atoms with Gasteiger partial charge in [-0.3, -0.25) is 0 Å². The Labute approximate surface area is 120 Å². The molecule has 0 radical (unpaired) electrons. The summed E-state index contributed by atoms with van der Waals surface area (Å²) in [6.07, 6.45) is 5.57. The lowest BCUT2D eigenvalue weighted by Crippen LogP contribution is -2.42. The SMILES string of the molecule is CCCN1CCC(NCc2ccc3occc3c2)CC1. The van der Waals surface area contributed by atoms with Gasteiger partial charge >= 0.3 is 0 Å². The molecule has 2 heterocycles. The highest BCUT2D eigenvalue weighted by molar-refractivity contribution is 5.77. The Morgan fingerprint density at radius 3 is 2.90 bits per heavy atom. The number of nitrogens with zero attached hydrogens (tertiary/aromatic N) is 1. The van der Waals surface area contributed by atoms with E-state index in [0.29, 0.717) is 6.04 Å². The highest BCUT2D eigenvalue weighted by Crippen LogP contribution is 2.17. The third-order valence-corrected chi connectivity index (χ3v) is 4.24. The number of likely N-dealkylation sites (tertiary alicyclic amines) is 1. The number of hydrogen-bond donors (Lipinski definition) is 1. The topological polar surface area (TPSA) is 28.4 Å². The molecule has 2 aromatic rings. The van der Waals surface area contributed by atoms with Crippen LogP contribution in [0.4, 0.5) is 0 Å². The number of benzene rings is 1.